The van der Waals surface area contributed by atoms with E-state index in [1.54, 1.807) is 0 Å². The van der Waals surface area contributed by atoms with E-state index in [4.69, 9.17) is 5.73 Å². The molecular formula is C13H22N4O2S. The molecule has 1 aliphatic carbocycles. The van der Waals surface area contributed by atoms with E-state index in [0.717, 1.165) is 32.2 Å². The molecule has 2 unspecified atom stereocenters. The van der Waals surface area contributed by atoms with Crippen LogP contribution in [0.3, 0.4) is 0 Å². The Labute approximate surface area is 122 Å². The molecule has 7 heteroatoms. The third kappa shape index (κ3) is 3.61. The second-order valence-corrected chi connectivity index (χ2v) is 6.13. The second-order valence-electron chi connectivity index (χ2n) is 5.13. The van der Waals surface area contributed by atoms with Crippen molar-refractivity contribution in [2.75, 3.05) is 24.1 Å². The van der Waals surface area contributed by atoms with Crippen LogP contribution in [0.5, 0.6) is 0 Å². The Balaban J connectivity index is 1.89. The van der Waals surface area contributed by atoms with Crippen molar-refractivity contribution in [2.45, 2.75) is 38.7 Å². The number of thiazole rings is 1. The number of anilines is 2. The van der Waals surface area contributed by atoms with E-state index < -0.39 is 0 Å². The van der Waals surface area contributed by atoms with Crippen molar-refractivity contribution >= 4 is 28.2 Å². The van der Waals surface area contributed by atoms with Crippen molar-refractivity contribution in [2.24, 2.45) is 5.92 Å². The molecule has 2 rings (SSSR count). The molecule has 0 radical (unpaired) electrons. The molecule has 1 saturated carbocycles. The van der Waals surface area contributed by atoms with Gasteiger partial charge >= 0.3 is 0 Å². The third-order valence-electron chi connectivity index (χ3n) is 3.53. The maximum absolute atomic E-state index is 12.1. The van der Waals surface area contributed by atoms with Crippen molar-refractivity contribution in [3.63, 3.8) is 0 Å². The number of rotatable bonds is 6. The Morgan fingerprint density at radius 2 is 2.35 bits per heavy atom. The highest BCUT2D eigenvalue weighted by Crippen LogP contribution is 2.26. The maximum Gasteiger partial charge on any atom is 0.265 e. The highest BCUT2D eigenvalue weighted by molar-refractivity contribution is 7.18. The number of amides is 1. The Kier molecular flexibility index (Phi) is 5.19. The standard InChI is InChI=1S/C13H22N4O2S/c1-2-6-15-13-17-11(14)10(20-13)12(19)16-7-8-4-3-5-9(8)18/h8-9,18H,2-7,14H2,1H3,(H,15,17)(H,16,19). The summed E-state index contributed by atoms with van der Waals surface area (Å²) in [4.78, 5) is 16.7. The van der Waals surface area contributed by atoms with Crippen molar-refractivity contribution in [3.05, 3.63) is 4.88 Å². The van der Waals surface area contributed by atoms with Crippen LogP contribution in [0.25, 0.3) is 0 Å². The van der Waals surface area contributed by atoms with Gasteiger partial charge in [-0.3, -0.25) is 4.79 Å². The van der Waals surface area contributed by atoms with Gasteiger partial charge in [0.05, 0.1) is 6.10 Å². The first-order chi connectivity index (χ1) is 9.61. The van der Waals surface area contributed by atoms with Crippen LogP contribution in [0.1, 0.15) is 42.3 Å². The lowest BCUT2D eigenvalue weighted by molar-refractivity contribution is 0.0921. The average Bonchev–Trinajstić information content (AvgIpc) is 3.00. The lowest BCUT2D eigenvalue weighted by Gasteiger charge is -2.14. The fourth-order valence-corrected chi connectivity index (χ4v) is 3.19. The first-order valence-electron chi connectivity index (χ1n) is 7.08. The van der Waals surface area contributed by atoms with Crippen LogP contribution >= 0.6 is 11.3 Å². The molecule has 1 fully saturated rings. The van der Waals surface area contributed by atoms with Gasteiger partial charge in [-0.05, 0) is 19.3 Å². The zero-order chi connectivity index (χ0) is 14.5. The number of hydrogen-bond acceptors (Lipinski definition) is 6. The molecule has 0 spiro atoms. The number of carbonyl (C=O) groups is 1. The summed E-state index contributed by atoms with van der Waals surface area (Å²) in [6.07, 6.45) is 3.50. The summed E-state index contributed by atoms with van der Waals surface area (Å²) < 4.78 is 0. The van der Waals surface area contributed by atoms with Gasteiger partial charge in [0.15, 0.2) is 5.13 Å². The summed E-state index contributed by atoms with van der Waals surface area (Å²) in [5, 5.41) is 16.4. The molecule has 0 aliphatic heterocycles. The van der Waals surface area contributed by atoms with Crippen molar-refractivity contribution < 1.29 is 9.90 Å². The van der Waals surface area contributed by atoms with Gasteiger partial charge < -0.3 is 21.5 Å². The molecule has 5 N–H and O–H groups in total. The lowest BCUT2D eigenvalue weighted by atomic mass is 10.1. The quantitative estimate of drug-likeness (QED) is 0.637. The first-order valence-corrected chi connectivity index (χ1v) is 7.90. The number of hydrogen-bond donors (Lipinski definition) is 4. The molecule has 0 aromatic carbocycles. The molecule has 112 valence electrons. The smallest absolute Gasteiger partial charge is 0.265 e. The van der Waals surface area contributed by atoms with Gasteiger partial charge in [0, 0.05) is 19.0 Å². The second kappa shape index (κ2) is 6.90. The minimum atomic E-state index is -0.295. The lowest BCUT2D eigenvalue weighted by Crippen LogP contribution is -2.32. The Morgan fingerprint density at radius 3 is 3.00 bits per heavy atom. The summed E-state index contributed by atoms with van der Waals surface area (Å²) in [7, 11) is 0. The van der Waals surface area contributed by atoms with Crippen molar-refractivity contribution in [3.8, 4) is 0 Å². The molecule has 1 heterocycles. The van der Waals surface area contributed by atoms with Crippen LogP contribution in [-0.2, 0) is 0 Å². The zero-order valence-corrected chi connectivity index (χ0v) is 12.5. The third-order valence-corrected chi connectivity index (χ3v) is 4.56. The van der Waals surface area contributed by atoms with Gasteiger partial charge in [0.1, 0.15) is 10.7 Å². The Bertz CT molecular complexity index is 463. The minimum Gasteiger partial charge on any atom is -0.393 e. The molecule has 1 aromatic heterocycles. The monoisotopic (exact) mass is 298 g/mol. The molecule has 1 amide bonds. The predicted octanol–water partition coefficient (Wildman–Crippen LogP) is 1.44. The largest absolute Gasteiger partial charge is 0.393 e. The topological polar surface area (TPSA) is 100 Å². The van der Waals surface area contributed by atoms with Gasteiger partial charge in [-0.25, -0.2) is 4.98 Å². The van der Waals surface area contributed by atoms with E-state index in [9.17, 15) is 9.90 Å². The van der Waals surface area contributed by atoms with E-state index in [0.29, 0.717) is 16.6 Å². The SMILES string of the molecule is CCCNc1nc(N)c(C(=O)NCC2CCCC2O)s1. The van der Waals surface area contributed by atoms with Crippen LogP contribution in [0, 0.1) is 5.92 Å². The van der Waals surface area contributed by atoms with E-state index in [-0.39, 0.29) is 23.7 Å². The average molecular weight is 298 g/mol. The van der Waals surface area contributed by atoms with Crippen LogP contribution in [0.4, 0.5) is 10.9 Å². The fourth-order valence-electron chi connectivity index (χ4n) is 2.36. The normalized spacial score (nSPS) is 21.9. The van der Waals surface area contributed by atoms with Gasteiger partial charge in [0.25, 0.3) is 5.91 Å². The number of nitrogens with zero attached hydrogens (tertiary/aromatic N) is 1. The van der Waals surface area contributed by atoms with E-state index in [2.05, 4.69) is 22.5 Å². The number of nitrogens with one attached hydrogen (secondary N) is 2. The molecule has 6 nitrogen and oxygen atoms in total. The van der Waals surface area contributed by atoms with Crippen molar-refractivity contribution in [1.29, 1.82) is 0 Å². The molecule has 20 heavy (non-hydrogen) atoms. The molecule has 0 bridgehead atoms. The molecule has 2 atom stereocenters. The molecular weight excluding hydrogens is 276 g/mol. The number of carbonyl (C=O) groups excluding carboxylic acids is 1. The first kappa shape index (κ1) is 15.1. The van der Waals surface area contributed by atoms with Crippen LogP contribution in [-0.4, -0.2) is 35.2 Å². The van der Waals surface area contributed by atoms with Gasteiger partial charge in [0.2, 0.25) is 0 Å². The van der Waals surface area contributed by atoms with Gasteiger partial charge in [-0.2, -0.15) is 0 Å². The molecule has 0 saturated heterocycles. The number of nitrogen functional groups attached to an aromatic ring is 1. The predicted molar refractivity (Wildman–Crippen MR) is 81.0 cm³/mol. The maximum atomic E-state index is 12.1. The highest BCUT2D eigenvalue weighted by Gasteiger charge is 2.26. The molecule has 1 aliphatic rings. The summed E-state index contributed by atoms with van der Waals surface area (Å²) in [6.45, 7) is 3.36. The van der Waals surface area contributed by atoms with E-state index >= 15 is 0 Å². The van der Waals surface area contributed by atoms with Crippen LogP contribution in [0.15, 0.2) is 0 Å². The summed E-state index contributed by atoms with van der Waals surface area (Å²) >= 11 is 1.27. The summed E-state index contributed by atoms with van der Waals surface area (Å²) in [5.41, 5.74) is 5.77. The number of aliphatic hydroxyl groups is 1. The van der Waals surface area contributed by atoms with Crippen LogP contribution < -0.4 is 16.4 Å². The number of aliphatic hydroxyl groups excluding tert-OH is 1. The zero-order valence-electron chi connectivity index (χ0n) is 11.7. The van der Waals surface area contributed by atoms with Crippen LogP contribution in [0.2, 0.25) is 0 Å². The van der Waals surface area contributed by atoms with Gasteiger partial charge in [-0.15, -0.1) is 0 Å². The molecule has 1 aromatic rings. The number of aromatic nitrogens is 1. The van der Waals surface area contributed by atoms with E-state index in [1.165, 1.54) is 11.3 Å². The minimum absolute atomic E-state index is 0.158. The van der Waals surface area contributed by atoms with Crippen molar-refractivity contribution in [1.82, 2.24) is 10.3 Å². The number of nitrogens with two attached hydrogens (primary N) is 1. The Morgan fingerprint density at radius 1 is 1.55 bits per heavy atom. The van der Waals surface area contributed by atoms with E-state index in [1.807, 2.05) is 0 Å². The van der Waals surface area contributed by atoms with Gasteiger partial charge in [-0.1, -0.05) is 24.7 Å². The summed E-state index contributed by atoms with van der Waals surface area (Å²) in [6, 6.07) is 0. The highest BCUT2D eigenvalue weighted by atomic mass is 32.1. The Hall–Kier alpha value is -1.34. The fraction of sp³-hybridized carbons (Fsp3) is 0.692. The summed E-state index contributed by atoms with van der Waals surface area (Å²) in [5.74, 6) is 0.215.